The summed E-state index contributed by atoms with van der Waals surface area (Å²) >= 11 is 0. The van der Waals surface area contributed by atoms with Crippen molar-refractivity contribution in [3.63, 3.8) is 0 Å². The van der Waals surface area contributed by atoms with Gasteiger partial charge in [-0.3, -0.25) is 29.4 Å². The fraction of sp³-hybridized carbons (Fsp3) is 0.471. The molecule has 3 amide bonds. The lowest BCUT2D eigenvalue weighted by Crippen LogP contribution is -2.43. The second kappa shape index (κ2) is 6.62. The number of fused-ring (bicyclic) bond motifs is 1. The summed E-state index contributed by atoms with van der Waals surface area (Å²) in [6.45, 7) is 2.78. The van der Waals surface area contributed by atoms with Crippen LogP contribution in [0.3, 0.4) is 0 Å². The highest BCUT2D eigenvalue weighted by Gasteiger charge is 2.42. The average Bonchev–Trinajstić information content (AvgIpc) is 3.37. The number of carbonyl (C=O) groups excluding carboxylic acids is 3. The maximum atomic E-state index is 12.6. The average molecular weight is 345 g/mol. The molecule has 132 valence electrons. The van der Waals surface area contributed by atoms with E-state index in [9.17, 15) is 24.5 Å². The predicted octanol–water partition coefficient (Wildman–Crippen LogP) is 1.84. The Balaban J connectivity index is 1.80. The Morgan fingerprint density at radius 3 is 2.64 bits per heavy atom. The van der Waals surface area contributed by atoms with Gasteiger partial charge in [0.25, 0.3) is 17.5 Å². The van der Waals surface area contributed by atoms with Crippen molar-refractivity contribution in [3.05, 3.63) is 39.4 Å². The largest absolute Gasteiger partial charge is 0.341 e. The van der Waals surface area contributed by atoms with E-state index in [0.717, 1.165) is 24.2 Å². The van der Waals surface area contributed by atoms with Gasteiger partial charge in [-0.1, -0.05) is 13.0 Å². The number of hydrogen-bond donors (Lipinski definition) is 0. The number of imide groups is 1. The molecule has 1 aliphatic carbocycles. The van der Waals surface area contributed by atoms with E-state index in [1.807, 2.05) is 6.92 Å². The number of nitrogens with zero attached hydrogens (tertiary/aromatic N) is 3. The monoisotopic (exact) mass is 345 g/mol. The molecule has 0 radical (unpaired) electrons. The summed E-state index contributed by atoms with van der Waals surface area (Å²) in [4.78, 5) is 50.4. The maximum absolute atomic E-state index is 12.6. The molecule has 0 spiro atoms. The number of carbonyl (C=O) groups is 3. The first-order valence-corrected chi connectivity index (χ1v) is 8.35. The minimum atomic E-state index is -0.775. The summed E-state index contributed by atoms with van der Waals surface area (Å²) in [6.07, 6.45) is 2.96. The Morgan fingerprint density at radius 2 is 2.04 bits per heavy atom. The Hall–Kier alpha value is -2.77. The van der Waals surface area contributed by atoms with Gasteiger partial charge < -0.3 is 4.90 Å². The summed E-state index contributed by atoms with van der Waals surface area (Å²) in [6, 6.07) is 3.93. The van der Waals surface area contributed by atoms with Crippen molar-refractivity contribution in [2.75, 3.05) is 19.6 Å². The summed E-state index contributed by atoms with van der Waals surface area (Å²) < 4.78 is 0. The molecule has 0 saturated heterocycles. The normalized spacial score (nSPS) is 16.1. The quantitative estimate of drug-likeness (QED) is 0.426. The molecule has 0 N–H and O–H groups in total. The Bertz CT molecular complexity index is 757. The van der Waals surface area contributed by atoms with Crippen LogP contribution in [0.25, 0.3) is 0 Å². The molecule has 0 unspecified atom stereocenters. The highest BCUT2D eigenvalue weighted by Crippen LogP contribution is 2.32. The van der Waals surface area contributed by atoms with E-state index in [-0.39, 0.29) is 23.6 Å². The summed E-state index contributed by atoms with van der Waals surface area (Å²) in [5.41, 5.74) is -0.653. The summed E-state index contributed by atoms with van der Waals surface area (Å²) in [7, 11) is 0. The van der Waals surface area contributed by atoms with Gasteiger partial charge in [-0.25, -0.2) is 0 Å². The number of rotatable bonds is 7. The van der Waals surface area contributed by atoms with Crippen molar-refractivity contribution in [2.24, 2.45) is 5.92 Å². The zero-order chi connectivity index (χ0) is 18.1. The lowest BCUT2D eigenvalue weighted by atomic mass is 10.1. The molecule has 1 saturated carbocycles. The van der Waals surface area contributed by atoms with E-state index in [0.29, 0.717) is 19.0 Å². The lowest BCUT2D eigenvalue weighted by molar-refractivity contribution is -0.385. The molecule has 3 rings (SSSR count). The van der Waals surface area contributed by atoms with E-state index in [2.05, 4.69) is 0 Å². The van der Waals surface area contributed by atoms with Crippen LogP contribution in [-0.4, -0.2) is 52.1 Å². The molecule has 8 heteroatoms. The Morgan fingerprint density at radius 1 is 1.32 bits per heavy atom. The van der Waals surface area contributed by atoms with E-state index in [1.165, 1.54) is 18.2 Å². The van der Waals surface area contributed by atoms with E-state index < -0.39 is 22.4 Å². The van der Waals surface area contributed by atoms with Crippen LogP contribution in [0, 0.1) is 16.0 Å². The van der Waals surface area contributed by atoms with Crippen LogP contribution in [0.4, 0.5) is 5.69 Å². The molecule has 1 heterocycles. The zero-order valence-corrected chi connectivity index (χ0v) is 13.9. The van der Waals surface area contributed by atoms with Gasteiger partial charge in [0.1, 0.15) is 12.1 Å². The van der Waals surface area contributed by atoms with E-state index >= 15 is 0 Å². The van der Waals surface area contributed by atoms with Gasteiger partial charge in [0.2, 0.25) is 5.91 Å². The van der Waals surface area contributed by atoms with Gasteiger partial charge in [0.05, 0.1) is 10.5 Å². The first-order chi connectivity index (χ1) is 11.9. The van der Waals surface area contributed by atoms with E-state index in [1.54, 1.807) is 4.90 Å². The molecule has 0 atom stereocenters. The van der Waals surface area contributed by atoms with Crippen molar-refractivity contribution < 1.29 is 19.3 Å². The number of amides is 3. The third-order valence-corrected chi connectivity index (χ3v) is 4.49. The first kappa shape index (κ1) is 17.1. The van der Waals surface area contributed by atoms with Gasteiger partial charge in [0.15, 0.2) is 0 Å². The van der Waals surface area contributed by atoms with Crippen molar-refractivity contribution >= 4 is 23.4 Å². The number of hydrogen-bond acceptors (Lipinski definition) is 5. The smallest absolute Gasteiger partial charge is 0.282 e. The van der Waals surface area contributed by atoms with Gasteiger partial charge in [0, 0.05) is 19.2 Å². The number of nitro groups is 1. The van der Waals surface area contributed by atoms with Gasteiger partial charge in [-0.15, -0.1) is 0 Å². The van der Waals surface area contributed by atoms with Crippen LogP contribution in [0.2, 0.25) is 0 Å². The third-order valence-electron chi connectivity index (χ3n) is 4.49. The van der Waals surface area contributed by atoms with Crippen molar-refractivity contribution in [2.45, 2.75) is 26.2 Å². The van der Waals surface area contributed by atoms with Crippen LogP contribution in [0.15, 0.2) is 18.2 Å². The van der Waals surface area contributed by atoms with Gasteiger partial charge in [-0.2, -0.15) is 0 Å². The van der Waals surface area contributed by atoms with Crippen LogP contribution in [0.1, 0.15) is 46.9 Å². The van der Waals surface area contributed by atoms with Crippen molar-refractivity contribution in [1.29, 1.82) is 0 Å². The van der Waals surface area contributed by atoms with Crippen molar-refractivity contribution in [3.8, 4) is 0 Å². The molecule has 1 aliphatic heterocycles. The Kier molecular flexibility index (Phi) is 4.52. The summed E-state index contributed by atoms with van der Waals surface area (Å²) in [5.74, 6) is -1.23. The molecule has 1 aromatic rings. The molecule has 0 bridgehead atoms. The van der Waals surface area contributed by atoms with Crippen LogP contribution in [-0.2, 0) is 4.79 Å². The van der Waals surface area contributed by atoms with E-state index in [4.69, 9.17) is 0 Å². The molecule has 25 heavy (non-hydrogen) atoms. The van der Waals surface area contributed by atoms with Crippen LogP contribution >= 0.6 is 0 Å². The first-order valence-electron chi connectivity index (χ1n) is 8.35. The predicted molar refractivity (Wildman–Crippen MR) is 88.1 cm³/mol. The lowest BCUT2D eigenvalue weighted by Gasteiger charge is -2.24. The fourth-order valence-electron chi connectivity index (χ4n) is 3.05. The maximum Gasteiger partial charge on any atom is 0.282 e. The van der Waals surface area contributed by atoms with Gasteiger partial charge in [-0.05, 0) is 31.2 Å². The molecule has 0 aromatic heterocycles. The topological polar surface area (TPSA) is 101 Å². The standard InChI is InChI=1S/C17H19N3O5/c1-2-8-18(9-11-6-7-11)14(21)10-19-16(22)12-4-3-5-13(20(24)25)15(12)17(19)23/h3-5,11H,2,6-10H2,1H3. The van der Waals surface area contributed by atoms with Crippen LogP contribution < -0.4 is 0 Å². The molecule has 1 aromatic carbocycles. The minimum Gasteiger partial charge on any atom is -0.341 e. The highest BCUT2D eigenvalue weighted by molar-refractivity contribution is 6.24. The van der Waals surface area contributed by atoms with Crippen molar-refractivity contribution in [1.82, 2.24) is 9.80 Å². The molecule has 8 nitrogen and oxygen atoms in total. The highest BCUT2D eigenvalue weighted by atomic mass is 16.6. The third kappa shape index (κ3) is 3.24. The minimum absolute atomic E-state index is 0.0174. The molecular weight excluding hydrogens is 326 g/mol. The van der Waals surface area contributed by atoms with Crippen LogP contribution in [0.5, 0.6) is 0 Å². The zero-order valence-electron chi connectivity index (χ0n) is 13.9. The SMILES string of the molecule is CCCN(CC1CC1)C(=O)CN1C(=O)c2cccc([N+](=O)[O-])c2C1=O. The summed E-state index contributed by atoms with van der Waals surface area (Å²) in [5, 5.41) is 11.1. The fourth-order valence-corrected chi connectivity index (χ4v) is 3.05. The molecular formula is C17H19N3O5. The second-order valence-electron chi connectivity index (χ2n) is 6.44. The Labute approximate surface area is 144 Å². The number of nitro benzene ring substituents is 1. The molecule has 2 aliphatic rings. The molecule has 1 fully saturated rings. The second-order valence-corrected chi connectivity index (χ2v) is 6.44. The number of benzene rings is 1. The van der Waals surface area contributed by atoms with Gasteiger partial charge >= 0.3 is 0 Å².